The predicted molar refractivity (Wildman–Crippen MR) is 60.4 cm³/mol. The van der Waals surface area contributed by atoms with E-state index in [9.17, 15) is 0 Å². The molecular weight excluding hydrogens is 196 g/mol. The van der Waals surface area contributed by atoms with E-state index in [2.05, 4.69) is 4.90 Å². The maximum atomic E-state index is 5.77. The molecule has 0 amide bonds. The minimum absolute atomic E-state index is 0.437. The van der Waals surface area contributed by atoms with Crippen LogP contribution in [0.25, 0.3) is 0 Å². The fourth-order valence-electron chi connectivity index (χ4n) is 2.57. The summed E-state index contributed by atoms with van der Waals surface area (Å²) in [6.07, 6.45) is 5.51. The molecule has 2 rings (SSSR count). The number of ether oxygens (including phenoxy) is 1. The molecule has 2 N–H and O–H groups in total. The van der Waals surface area contributed by atoms with E-state index in [0.29, 0.717) is 17.1 Å². The van der Waals surface area contributed by atoms with E-state index in [1.54, 1.807) is 0 Å². The lowest BCUT2D eigenvalue weighted by Gasteiger charge is -2.43. The Labute approximate surface area is 90.6 Å². The van der Waals surface area contributed by atoms with Gasteiger partial charge < -0.3 is 10.5 Å². The SMILES string of the molecule is NC(=S)CN1CCOC2CCCCC21. The first-order valence-electron chi connectivity index (χ1n) is 5.41. The van der Waals surface area contributed by atoms with E-state index in [0.717, 1.165) is 19.7 Å². The normalized spacial score (nSPS) is 33.7. The first kappa shape index (κ1) is 10.3. The van der Waals surface area contributed by atoms with Gasteiger partial charge in [0.15, 0.2) is 0 Å². The molecule has 1 saturated heterocycles. The van der Waals surface area contributed by atoms with Crippen LogP contribution in [0.3, 0.4) is 0 Å². The highest BCUT2D eigenvalue weighted by Gasteiger charge is 2.33. The molecule has 0 aromatic rings. The van der Waals surface area contributed by atoms with E-state index in [4.69, 9.17) is 22.7 Å². The zero-order chi connectivity index (χ0) is 9.97. The van der Waals surface area contributed by atoms with Gasteiger partial charge in [-0.05, 0) is 12.8 Å². The maximum absolute atomic E-state index is 5.77. The summed E-state index contributed by atoms with van der Waals surface area (Å²) in [6, 6.07) is 0.569. The summed E-state index contributed by atoms with van der Waals surface area (Å²) in [5, 5.41) is 0. The maximum Gasteiger partial charge on any atom is 0.0870 e. The van der Waals surface area contributed by atoms with Crippen LogP contribution in [0.1, 0.15) is 25.7 Å². The molecule has 2 unspecified atom stereocenters. The van der Waals surface area contributed by atoms with E-state index in [1.165, 1.54) is 25.7 Å². The minimum atomic E-state index is 0.437. The molecule has 1 heterocycles. The van der Waals surface area contributed by atoms with Gasteiger partial charge in [0.1, 0.15) is 0 Å². The van der Waals surface area contributed by atoms with Crippen LogP contribution in [-0.4, -0.2) is 41.7 Å². The number of nitrogens with two attached hydrogens (primary N) is 1. The fraction of sp³-hybridized carbons (Fsp3) is 0.900. The van der Waals surface area contributed by atoms with E-state index in [1.807, 2.05) is 0 Å². The molecule has 1 aliphatic heterocycles. The molecule has 4 heteroatoms. The van der Waals surface area contributed by atoms with Crippen LogP contribution in [0, 0.1) is 0 Å². The van der Waals surface area contributed by atoms with Crippen LogP contribution in [0.15, 0.2) is 0 Å². The second-order valence-electron chi connectivity index (χ2n) is 4.20. The number of thiocarbonyl (C=S) groups is 1. The summed E-state index contributed by atoms with van der Waals surface area (Å²) < 4.78 is 5.77. The lowest BCUT2D eigenvalue weighted by atomic mass is 9.90. The first-order valence-corrected chi connectivity index (χ1v) is 5.82. The van der Waals surface area contributed by atoms with Crippen molar-refractivity contribution >= 4 is 17.2 Å². The van der Waals surface area contributed by atoms with Crippen molar-refractivity contribution in [3.8, 4) is 0 Å². The molecule has 3 nitrogen and oxygen atoms in total. The summed E-state index contributed by atoms with van der Waals surface area (Å²) in [4.78, 5) is 3.01. The second-order valence-corrected chi connectivity index (χ2v) is 4.72. The Kier molecular flexibility index (Phi) is 3.36. The Hall–Kier alpha value is -0.190. The third-order valence-electron chi connectivity index (χ3n) is 3.21. The molecule has 0 aromatic heterocycles. The summed E-state index contributed by atoms with van der Waals surface area (Å²) in [7, 11) is 0. The number of rotatable bonds is 2. The Morgan fingerprint density at radius 2 is 2.21 bits per heavy atom. The lowest BCUT2D eigenvalue weighted by Crippen LogP contribution is -2.54. The van der Waals surface area contributed by atoms with Crippen LogP contribution in [0.4, 0.5) is 0 Å². The monoisotopic (exact) mass is 214 g/mol. The largest absolute Gasteiger partial charge is 0.392 e. The van der Waals surface area contributed by atoms with Crippen molar-refractivity contribution < 1.29 is 4.74 Å². The number of hydrogen-bond donors (Lipinski definition) is 1. The van der Waals surface area contributed by atoms with Gasteiger partial charge in [-0.25, -0.2) is 0 Å². The molecule has 80 valence electrons. The average molecular weight is 214 g/mol. The molecule has 0 spiro atoms. The first-order chi connectivity index (χ1) is 6.77. The van der Waals surface area contributed by atoms with Crippen molar-refractivity contribution in [1.82, 2.24) is 4.90 Å². The lowest BCUT2D eigenvalue weighted by molar-refractivity contribution is -0.0826. The fourth-order valence-corrected chi connectivity index (χ4v) is 2.74. The topological polar surface area (TPSA) is 38.5 Å². The molecular formula is C10H18N2OS. The smallest absolute Gasteiger partial charge is 0.0870 e. The molecule has 0 bridgehead atoms. The summed E-state index contributed by atoms with van der Waals surface area (Å²) in [5.41, 5.74) is 5.59. The Balaban J connectivity index is 1.97. The van der Waals surface area contributed by atoms with E-state index >= 15 is 0 Å². The van der Waals surface area contributed by atoms with Gasteiger partial charge in [-0.1, -0.05) is 25.1 Å². The summed E-state index contributed by atoms with van der Waals surface area (Å²) >= 11 is 4.97. The van der Waals surface area contributed by atoms with Crippen LogP contribution in [0.2, 0.25) is 0 Å². The molecule has 2 aliphatic rings. The molecule has 2 fully saturated rings. The van der Waals surface area contributed by atoms with Gasteiger partial charge in [0, 0.05) is 19.1 Å². The van der Waals surface area contributed by atoms with Crippen molar-refractivity contribution in [3.05, 3.63) is 0 Å². The van der Waals surface area contributed by atoms with Gasteiger partial charge in [0.05, 0.1) is 17.7 Å². The second kappa shape index (κ2) is 4.55. The summed E-state index contributed by atoms with van der Waals surface area (Å²) in [5.74, 6) is 0. The number of hydrogen-bond acceptors (Lipinski definition) is 3. The molecule has 0 radical (unpaired) electrons. The van der Waals surface area contributed by atoms with Crippen LogP contribution in [0.5, 0.6) is 0 Å². The zero-order valence-electron chi connectivity index (χ0n) is 8.45. The van der Waals surface area contributed by atoms with Crippen molar-refractivity contribution in [2.45, 2.75) is 37.8 Å². The van der Waals surface area contributed by atoms with Crippen molar-refractivity contribution in [3.63, 3.8) is 0 Å². The van der Waals surface area contributed by atoms with Gasteiger partial charge in [-0.15, -0.1) is 0 Å². The number of nitrogens with zero attached hydrogens (tertiary/aromatic N) is 1. The molecule has 1 saturated carbocycles. The van der Waals surface area contributed by atoms with Gasteiger partial charge >= 0.3 is 0 Å². The molecule has 2 atom stereocenters. The molecule has 0 aromatic carbocycles. The Bertz CT molecular complexity index is 220. The Morgan fingerprint density at radius 1 is 1.43 bits per heavy atom. The van der Waals surface area contributed by atoms with Gasteiger partial charge in [0.2, 0.25) is 0 Å². The van der Waals surface area contributed by atoms with Crippen molar-refractivity contribution in [2.24, 2.45) is 5.73 Å². The van der Waals surface area contributed by atoms with Crippen LogP contribution >= 0.6 is 12.2 Å². The Morgan fingerprint density at radius 3 is 3.00 bits per heavy atom. The van der Waals surface area contributed by atoms with Crippen molar-refractivity contribution in [1.29, 1.82) is 0 Å². The van der Waals surface area contributed by atoms with E-state index in [-0.39, 0.29) is 0 Å². The third-order valence-corrected chi connectivity index (χ3v) is 3.34. The highest BCUT2D eigenvalue weighted by Crippen LogP contribution is 2.27. The average Bonchev–Trinajstić information content (AvgIpc) is 2.18. The minimum Gasteiger partial charge on any atom is -0.392 e. The predicted octanol–water partition coefficient (Wildman–Crippen LogP) is 0.916. The van der Waals surface area contributed by atoms with E-state index < -0.39 is 0 Å². The highest BCUT2D eigenvalue weighted by molar-refractivity contribution is 7.80. The number of morpholine rings is 1. The zero-order valence-corrected chi connectivity index (χ0v) is 9.26. The quantitative estimate of drug-likeness (QED) is 0.694. The molecule has 1 aliphatic carbocycles. The van der Waals surface area contributed by atoms with Crippen LogP contribution < -0.4 is 5.73 Å². The van der Waals surface area contributed by atoms with Crippen LogP contribution in [-0.2, 0) is 4.74 Å². The number of fused-ring (bicyclic) bond motifs is 1. The van der Waals surface area contributed by atoms with Gasteiger partial charge in [0.25, 0.3) is 0 Å². The van der Waals surface area contributed by atoms with Gasteiger partial charge in [-0.3, -0.25) is 4.90 Å². The van der Waals surface area contributed by atoms with Gasteiger partial charge in [-0.2, -0.15) is 0 Å². The standard InChI is InChI=1S/C10H18N2OS/c11-10(14)7-12-5-6-13-9-4-2-1-3-8(9)12/h8-9H,1-7H2,(H2,11,14). The highest BCUT2D eigenvalue weighted by atomic mass is 32.1. The molecule has 14 heavy (non-hydrogen) atoms. The summed E-state index contributed by atoms with van der Waals surface area (Å²) in [6.45, 7) is 2.59. The van der Waals surface area contributed by atoms with Crippen molar-refractivity contribution in [2.75, 3.05) is 19.7 Å². The third kappa shape index (κ3) is 2.24.